The summed E-state index contributed by atoms with van der Waals surface area (Å²) in [6.07, 6.45) is 0. The lowest BCUT2D eigenvalue weighted by molar-refractivity contribution is 0.394. The standard InChI is InChI=1S/C24H21ClFN3O3S/c1-30-17-9-7-16(8-10-17)29-23(15-11-18(31-2)13-19(12-15)32-3)27-28-24(29)33-14-20-21(25)5-4-6-22(20)26/h4-13H,14H2,1-3H3. The Morgan fingerprint density at radius 3 is 2.15 bits per heavy atom. The van der Waals surface area contributed by atoms with Crippen LogP contribution in [-0.4, -0.2) is 36.1 Å². The quantitative estimate of drug-likeness (QED) is 0.283. The van der Waals surface area contributed by atoms with Crippen LogP contribution in [0, 0.1) is 5.82 Å². The van der Waals surface area contributed by atoms with E-state index in [4.69, 9.17) is 25.8 Å². The number of benzene rings is 3. The first kappa shape index (κ1) is 22.9. The van der Waals surface area contributed by atoms with Crippen molar-refractivity contribution >= 4 is 23.4 Å². The first-order valence-corrected chi connectivity index (χ1v) is 11.3. The average Bonchev–Trinajstić information content (AvgIpc) is 3.27. The molecule has 0 atom stereocenters. The monoisotopic (exact) mass is 485 g/mol. The molecule has 4 rings (SSSR count). The van der Waals surface area contributed by atoms with Crippen molar-refractivity contribution in [3.63, 3.8) is 0 Å². The molecule has 0 bridgehead atoms. The van der Waals surface area contributed by atoms with E-state index < -0.39 is 0 Å². The molecule has 0 radical (unpaired) electrons. The molecule has 9 heteroatoms. The minimum absolute atomic E-state index is 0.293. The van der Waals surface area contributed by atoms with Crippen LogP contribution >= 0.6 is 23.4 Å². The maximum Gasteiger partial charge on any atom is 0.196 e. The Hall–Kier alpha value is -3.23. The summed E-state index contributed by atoms with van der Waals surface area (Å²) in [5, 5.41) is 9.78. The Balaban J connectivity index is 1.80. The Bertz CT molecular complexity index is 1220. The van der Waals surface area contributed by atoms with Gasteiger partial charge in [-0.15, -0.1) is 10.2 Å². The third-order valence-corrected chi connectivity index (χ3v) is 6.29. The summed E-state index contributed by atoms with van der Waals surface area (Å²) < 4.78 is 32.3. The van der Waals surface area contributed by atoms with Gasteiger partial charge < -0.3 is 14.2 Å². The Morgan fingerprint density at radius 2 is 1.55 bits per heavy atom. The number of hydrogen-bond acceptors (Lipinski definition) is 6. The van der Waals surface area contributed by atoms with E-state index >= 15 is 0 Å². The summed E-state index contributed by atoms with van der Waals surface area (Å²) >= 11 is 7.56. The van der Waals surface area contributed by atoms with E-state index in [2.05, 4.69) is 10.2 Å². The predicted octanol–water partition coefficient (Wildman–Crippen LogP) is 6.04. The second kappa shape index (κ2) is 10.1. The van der Waals surface area contributed by atoms with Gasteiger partial charge in [-0.3, -0.25) is 4.57 Å². The number of nitrogens with zero attached hydrogens (tertiary/aromatic N) is 3. The molecular formula is C24H21ClFN3O3S. The number of halogens is 2. The van der Waals surface area contributed by atoms with Crippen molar-refractivity contribution < 1.29 is 18.6 Å². The van der Waals surface area contributed by atoms with Crippen LogP contribution in [0.4, 0.5) is 4.39 Å². The van der Waals surface area contributed by atoms with Gasteiger partial charge in [-0.05, 0) is 48.5 Å². The fourth-order valence-electron chi connectivity index (χ4n) is 3.26. The molecule has 0 aliphatic carbocycles. The summed E-state index contributed by atoms with van der Waals surface area (Å²) in [7, 11) is 4.79. The highest BCUT2D eigenvalue weighted by molar-refractivity contribution is 7.98. The van der Waals surface area contributed by atoms with Gasteiger partial charge in [0.05, 0.1) is 21.3 Å². The SMILES string of the molecule is COc1ccc(-n2c(SCc3c(F)cccc3Cl)nnc2-c2cc(OC)cc(OC)c2)cc1. The summed E-state index contributed by atoms with van der Waals surface area (Å²) in [5.74, 6) is 2.50. The van der Waals surface area contributed by atoms with Gasteiger partial charge in [0.2, 0.25) is 0 Å². The van der Waals surface area contributed by atoms with Gasteiger partial charge in [-0.1, -0.05) is 29.4 Å². The maximum atomic E-state index is 14.3. The average molecular weight is 486 g/mol. The molecular weight excluding hydrogens is 465 g/mol. The van der Waals surface area contributed by atoms with E-state index in [1.165, 1.54) is 17.8 Å². The van der Waals surface area contributed by atoms with Crippen molar-refractivity contribution in [3.8, 4) is 34.3 Å². The molecule has 170 valence electrons. The van der Waals surface area contributed by atoms with Crippen LogP contribution in [0.5, 0.6) is 17.2 Å². The molecule has 4 aromatic rings. The van der Waals surface area contributed by atoms with Crippen LogP contribution in [0.2, 0.25) is 5.02 Å². The van der Waals surface area contributed by atoms with Gasteiger partial charge in [0.15, 0.2) is 11.0 Å². The van der Waals surface area contributed by atoms with E-state index in [-0.39, 0.29) is 5.82 Å². The van der Waals surface area contributed by atoms with E-state index in [1.807, 2.05) is 41.0 Å². The molecule has 33 heavy (non-hydrogen) atoms. The summed E-state index contributed by atoms with van der Waals surface area (Å²) in [6, 6.07) is 17.7. The second-order valence-electron chi connectivity index (χ2n) is 6.93. The summed E-state index contributed by atoms with van der Waals surface area (Å²) in [5.41, 5.74) is 1.99. The molecule has 0 N–H and O–H groups in total. The van der Waals surface area contributed by atoms with Gasteiger partial charge in [-0.2, -0.15) is 0 Å². The third-order valence-electron chi connectivity index (χ3n) is 4.98. The zero-order valence-electron chi connectivity index (χ0n) is 18.2. The topological polar surface area (TPSA) is 58.4 Å². The zero-order chi connectivity index (χ0) is 23.4. The van der Waals surface area contributed by atoms with Gasteiger partial charge in [0.25, 0.3) is 0 Å². The minimum atomic E-state index is -0.358. The van der Waals surface area contributed by atoms with Crippen molar-refractivity contribution in [1.29, 1.82) is 0 Å². The number of ether oxygens (including phenoxy) is 3. The highest BCUT2D eigenvalue weighted by Gasteiger charge is 2.19. The molecule has 0 fully saturated rings. The maximum absolute atomic E-state index is 14.3. The lowest BCUT2D eigenvalue weighted by Gasteiger charge is -2.13. The van der Waals surface area contributed by atoms with Crippen LogP contribution in [0.3, 0.4) is 0 Å². The van der Waals surface area contributed by atoms with E-state index in [9.17, 15) is 4.39 Å². The summed E-state index contributed by atoms with van der Waals surface area (Å²) in [6.45, 7) is 0. The van der Waals surface area contributed by atoms with Gasteiger partial charge in [0.1, 0.15) is 23.1 Å². The first-order chi connectivity index (χ1) is 16.0. The Morgan fingerprint density at radius 1 is 0.879 bits per heavy atom. The molecule has 1 aromatic heterocycles. The van der Waals surface area contributed by atoms with Crippen molar-refractivity contribution in [2.24, 2.45) is 0 Å². The van der Waals surface area contributed by atoms with E-state index in [1.54, 1.807) is 39.5 Å². The molecule has 0 spiro atoms. The van der Waals surface area contributed by atoms with Gasteiger partial charge in [-0.25, -0.2) is 4.39 Å². The van der Waals surface area contributed by atoms with Crippen molar-refractivity contribution in [2.45, 2.75) is 10.9 Å². The van der Waals surface area contributed by atoms with Gasteiger partial charge in [0, 0.05) is 33.7 Å². The molecule has 0 aliphatic rings. The minimum Gasteiger partial charge on any atom is -0.497 e. The molecule has 0 saturated carbocycles. The van der Waals surface area contributed by atoms with E-state index in [0.717, 1.165) is 17.0 Å². The van der Waals surface area contributed by atoms with Crippen LogP contribution < -0.4 is 14.2 Å². The van der Waals surface area contributed by atoms with E-state index in [0.29, 0.717) is 38.8 Å². The lowest BCUT2D eigenvalue weighted by Crippen LogP contribution is -2.01. The van der Waals surface area contributed by atoms with Crippen molar-refractivity contribution in [3.05, 3.63) is 77.1 Å². The molecule has 6 nitrogen and oxygen atoms in total. The second-order valence-corrected chi connectivity index (χ2v) is 8.28. The molecule has 3 aromatic carbocycles. The largest absolute Gasteiger partial charge is 0.497 e. The van der Waals surface area contributed by atoms with Crippen LogP contribution in [0.25, 0.3) is 17.1 Å². The lowest BCUT2D eigenvalue weighted by atomic mass is 10.1. The summed E-state index contributed by atoms with van der Waals surface area (Å²) in [4.78, 5) is 0. The Kier molecular flexibility index (Phi) is 7.05. The molecule has 0 amide bonds. The molecule has 1 heterocycles. The molecule has 0 saturated heterocycles. The number of thioether (sulfide) groups is 1. The Labute approximate surface area is 200 Å². The number of rotatable bonds is 8. The van der Waals surface area contributed by atoms with Crippen LogP contribution in [0.1, 0.15) is 5.56 Å². The smallest absolute Gasteiger partial charge is 0.196 e. The fraction of sp³-hybridized carbons (Fsp3) is 0.167. The first-order valence-electron chi connectivity index (χ1n) is 9.93. The number of aromatic nitrogens is 3. The normalized spacial score (nSPS) is 10.8. The van der Waals surface area contributed by atoms with Crippen LogP contribution in [0.15, 0.2) is 65.8 Å². The molecule has 0 aliphatic heterocycles. The fourth-order valence-corrected chi connectivity index (χ4v) is 4.55. The van der Waals surface area contributed by atoms with Gasteiger partial charge >= 0.3 is 0 Å². The zero-order valence-corrected chi connectivity index (χ0v) is 19.8. The highest BCUT2D eigenvalue weighted by Crippen LogP contribution is 2.35. The number of hydrogen-bond donors (Lipinski definition) is 0. The highest BCUT2D eigenvalue weighted by atomic mass is 35.5. The van der Waals surface area contributed by atoms with Crippen molar-refractivity contribution in [1.82, 2.24) is 14.8 Å². The predicted molar refractivity (Wildman–Crippen MR) is 127 cm³/mol. The van der Waals surface area contributed by atoms with Crippen molar-refractivity contribution in [2.75, 3.05) is 21.3 Å². The number of methoxy groups -OCH3 is 3. The molecule has 0 unspecified atom stereocenters. The van der Waals surface area contributed by atoms with Crippen LogP contribution in [-0.2, 0) is 5.75 Å². The third kappa shape index (κ3) is 4.91.